The van der Waals surface area contributed by atoms with Gasteiger partial charge in [-0.05, 0) is 35.9 Å². The number of benzene rings is 1. The Labute approximate surface area is 116 Å². The molecule has 2 rings (SSSR count). The third kappa shape index (κ3) is 3.23. The van der Waals surface area contributed by atoms with E-state index in [4.69, 9.17) is 17.3 Å². The van der Waals surface area contributed by atoms with E-state index in [9.17, 15) is 4.79 Å². The van der Waals surface area contributed by atoms with E-state index in [0.29, 0.717) is 22.8 Å². The van der Waals surface area contributed by atoms with Crippen molar-refractivity contribution in [3.05, 3.63) is 58.9 Å². The first-order valence-corrected chi connectivity index (χ1v) is 6.15. The highest BCUT2D eigenvalue weighted by Crippen LogP contribution is 2.19. The van der Waals surface area contributed by atoms with Crippen LogP contribution in [0.15, 0.2) is 42.7 Å². The number of nitrogens with two attached hydrogens (primary N) is 1. The highest BCUT2D eigenvalue weighted by Gasteiger charge is 2.15. The fourth-order valence-corrected chi connectivity index (χ4v) is 1.93. The molecule has 0 unspecified atom stereocenters. The lowest BCUT2D eigenvalue weighted by atomic mass is 10.1. The van der Waals surface area contributed by atoms with Crippen LogP contribution >= 0.6 is 11.6 Å². The van der Waals surface area contributed by atoms with Gasteiger partial charge in [-0.1, -0.05) is 11.6 Å². The van der Waals surface area contributed by atoms with Gasteiger partial charge in [-0.3, -0.25) is 9.78 Å². The number of rotatable bonds is 3. The summed E-state index contributed by atoms with van der Waals surface area (Å²) in [5.41, 5.74) is 7.66. The summed E-state index contributed by atoms with van der Waals surface area (Å²) >= 11 is 5.89. The quantitative estimate of drug-likeness (QED) is 0.876. The van der Waals surface area contributed by atoms with Gasteiger partial charge in [-0.2, -0.15) is 0 Å². The predicted molar refractivity (Wildman–Crippen MR) is 75.9 cm³/mol. The van der Waals surface area contributed by atoms with E-state index in [1.165, 1.54) is 0 Å². The normalized spacial score (nSPS) is 10.2. The summed E-state index contributed by atoms with van der Waals surface area (Å²) in [5, 5.41) is 0.495. The fourth-order valence-electron chi connectivity index (χ4n) is 1.75. The number of nitrogen functional groups attached to an aromatic ring is 1. The Morgan fingerprint density at radius 1 is 1.32 bits per heavy atom. The van der Waals surface area contributed by atoms with Gasteiger partial charge < -0.3 is 10.6 Å². The first-order chi connectivity index (χ1) is 9.08. The van der Waals surface area contributed by atoms with Crippen LogP contribution in [0.5, 0.6) is 0 Å². The summed E-state index contributed by atoms with van der Waals surface area (Å²) in [5.74, 6) is -0.156. The Balaban J connectivity index is 2.17. The van der Waals surface area contributed by atoms with Gasteiger partial charge in [0.1, 0.15) is 0 Å². The SMILES string of the molecule is CN(Cc1ccncc1)C(=O)c1cc(Cl)ccc1N. The number of anilines is 1. The van der Waals surface area contributed by atoms with Crippen molar-refractivity contribution in [2.45, 2.75) is 6.54 Å². The molecule has 0 atom stereocenters. The minimum atomic E-state index is -0.156. The number of hydrogen-bond acceptors (Lipinski definition) is 3. The molecule has 0 aliphatic rings. The predicted octanol–water partition coefficient (Wildman–Crippen LogP) is 2.59. The molecule has 0 fully saturated rings. The van der Waals surface area contributed by atoms with Gasteiger partial charge >= 0.3 is 0 Å². The molecule has 4 nitrogen and oxygen atoms in total. The average Bonchev–Trinajstić information content (AvgIpc) is 2.42. The molecular formula is C14H14ClN3O. The Bertz CT molecular complexity index is 586. The van der Waals surface area contributed by atoms with Crippen molar-refractivity contribution in [2.24, 2.45) is 0 Å². The molecule has 0 saturated carbocycles. The van der Waals surface area contributed by atoms with Crippen LogP contribution in [0, 0.1) is 0 Å². The maximum absolute atomic E-state index is 12.3. The van der Waals surface area contributed by atoms with Crippen LogP contribution in [0.1, 0.15) is 15.9 Å². The first kappa shape index (κ1) is 13.4. The molecule has 0 aliphatic carbocycles. The van der Waals surface area contributed by atoms with Gasteiger partial charge in [0.15, 0.2) is 0 Å². The number of hydrogen-bond donors (Lipinski definition) is 1. The highest BCUT2D eigenvalue weighted by molar-refractivity contribution is 6.31. The molecule has 98 valence electrons. The summed E-state index contributed by atoms with van der Waals surface area (Å²) in [4.78, 5) is 17.8. The van der Waals surface area contributed by atoms with Crippen LogP contribution in [0.25, 0.3) is 0 Å². The Hall–Kier alpha value is -2.07. The lowest BCUT2D eigenvalue weighted by Gasteiger charge is -2.18. The summed E-state index contributed by atoms with van der Waals surface area (Å²) in [6.07, 6.45) is 3.39. The number of nitrogens with zero attached hydrogens (tertiary/aromatic N) is 2. The zero-order chi connectivity index (χ0) is 13.8. The van der Waals surface area contributed by atoms with E-state index in [1.807, 2.05) is 12.1 Å². The molecule has 5 heteroatoms. The summed E-state index contributed by atoms with van der Waals surface area (Å²) in [7, 11) is 1.73. The van der Waals surface area contributed by atoms with Gasteiger partial charge in [0.25, 0.3) is 5.91 Å². The average molecular weight is 276 g/mol. The van der Waals surface area contributed by atoms with E-state index in [1.54, 1.807) is 42.5 Å². The van der Waals surface area contributed by atoms with Gasteiger partial charge in [0.2, 0.25) is 0 Å². The van der Waals surface area contributed by atoms with Crippen LogP contribution < -0.4 is 5.73 Å². The van der Waals surface area contributed by atoms with E-state index in [2.05, 4.69) is 4.98 Å². The maximum atomic E-state index is 12.3. The Kier molecular flexibility index (Phi) is 4.02. The molecule has 1 aromatic heterocycles. The molecular weight excluding hydrogens is 262 g/mol. The molecule has 0 radical (unpaired) electrons. The smallest absolute Gasteiger partial charge is 0.256 e. The molecule has 0 aliphatic heterocycles. The molecule has 1 amide bonds. The number of pyridine rings is 1. The first-order valence-electron chi connectivity index (χ1n) is 5.77. The number of halogens is 1. The monoisotopic (exact) mass is 275 g/mol. The zero-order valence-electron chi connectivity index (χ0n) is 10.5. The molecule has 0 saturated heterocycles. The van der Waals surface area contributed by atoms with Crippen LogP contribution in [-0.4, -0.2) is 22.8 Å². The number of amides is 1. The molecule has 2 aromatic rings. The summed E-state index contributed by atoms with van der Waals surface area (Å²) < 4.78 is 0. The zero-order valence-corrected chi connectivity index (χ0v) is 11.3. The van der Waals surface area contributed by atoms with Gasteiger partial charge in [-0.25, -0.2) is 0 Å². The lowest BCUT2D eigenvalue weighted by molar-refractivity contribution is 0.0786. The Morgan fingerprint density at radius 2 is 2.00 bits per heavy atom. The van der Waals surface area contributed by atoms with Crippen molar-refractivity contribution in [3.63, 3.8) is 0 Å². The van der Waals surface area contributed by atoms with E-state index < -0.39 is 0 Å². The minimum absolute atomic E-state index is 0.156. The minimum Gasteiger partial charge on any atom is -0.398 e. The van der Waals surface area contributed by atoms with Crippen molar-refractivity contribution >= 4 is 23.2 Å². The van der Waals surface area contributed by atoms with Crippen LogP contribution in [0.4, 0.5) is 5.69 Å². The van der Waals surface area contributed by atoms with Gasteiger partial charge in [0.05, 0.1) is 5.56 Å². The topological polar surface area (TPSA) is 59.2 Å². The van der Waals surface area contributed by atoms with E-state index in [0.717, 1.165) is 5.56 Å². The summed E-state index contributed by atoms with van der Waals surface area (Å²) in [6, 6.07) is 8.62. The number of aromatic nitrogens is 1. The van der Waals surface area contributed by atoms with Gasteiger partial charge in [0, 0.05) is 36.7 Å². The molecule has 2 N–H and O–H groups in total. The van der Waals surface area contributed by atoms with E-state index >= 15 is 0 Å². The number of carbonyl (C=O) groups is 1. The van der Waals surface area contributed by atoms with Crippen molar-refractivity contribution in [2.75, 3.05) is 12.8 Å². The van der Waals surface area contributed by atoms with Crippen LogP contribution in [0.3, 0.4) is 0 Å². The molecule has 1 aromatic carbocycles. The second kappa shape index (κ2) is 5.71. The maximum Gasteiger partial charge on any atom is 0.256 e. The Morgan fingerprint density at radius 3 is 2.68 bits per heavy atom. The molecule has 19 heavy (non-hydrogen) atoms. The summed E-state index contributed by atoms with van der Waals surface area (Å²) in [6.45, 7) is 0.493. The highest BCUT2D eigenvalue weighted by atomic mass is 35.5. The second-order valence-electron chi connectivity index (χ2n) is 4.25. The molecule has 1 heterocycles. The second-order valence-corrected chi connectivity index (χ2v) is 4.68. The molecule has 0 spiro atoms. The largest absolute Gasteiger partial charge is 0.398 e. The van der Waals surface area contributed by atoms with Crippen molar-refractivity contribution < 1.29 is 4.79 Å². The lowest BCUT2D eigenvalue weighted by Crippen LogP contribution is -2.27. The third-order valence-electron chi connectivity index (χ3n) is 2.76. The number of carbonyl (C=O) groups excluding carboxylic acids is 1. The fraction of sp³-hybridized carbons (Fsp3) is 0.143. The van der Waals surface area contributed by atoms with Crippen LogP contribution in [0.2, 0.25) is 5.02 Å². The standard InChI is InChI=1S/C14H14ClN3O/c1-18(9-10-4-6-17-7-5-10)14(19)12-8-11(15)2-3-13(12)16/h2-8H,9,16H2,1H3. The van der Waals surface area contributed by atoms with Crippen LogP contribution in [-0.2, 0) is 6.54 Å². The van der Waals surface area contributed by atoms with Crippen molar-refractivity contribution in [1.29, 1.82) is 0 Å². The molecule has 0 bridgehead atoms. The van der Waals surface area contributed by atoms with Crippen molar-refractivity contribution in [1.82, 2.24) is 9.88 Å². The third-order valence-corrected chi connectivity index (χ3v) is 3.00. The van der Waals surface area contributed by atoms with Gasteiger partial charge in [-0.15, -0.1) is 0 Å². The van der Waals surface area contributed by atoms with Crippen molar-refractivity contribution in [3.8, 4) is 0 Å². The van der Waals surface area contributed by atoms with E-state index in [-0.39, 0.29) is 5.91 Å².